The molecule has 0 saturated carbocycles. The van der Waals surface area contributed by atoms with Gasteiger partial charge in [-0.25, -0.2) is 8.78 Å². The SMILES string of the molecule is CN1CCC[C@H]1COc1nc(N2[C@@H]3CC[C@H]2CNC3)c2ccc(-c3c(F)ccc(N)c3F)cc2n1. The van der Waals surface area contributed by atoms with Crippen molar-refractivity contribution in [1.82, 2.24) is 20.2 Å². The minimum atomic E-state index is -0.764. The fourth-order valence-corrected chi connectivity index (χ4v) is 5.83. The third-order valence-corrected chi connectivity index (χ3v) is 7.77. The average molecular weight is 481 g/mol. The van der Waals surface area contributed by atoms with E-state index in [9.17, 15) is 8.78 Å². The number of nitrogens with zero attached hydrogens (tertiary/aromatic N) is 4. The predicted octanol–water partition coefficient (Wildman–Crippen LogP) is 3.57. The van der Waals surface area contributed by atoms with Gasteiger partial charge in [-0.15, -0.1) is 0 Å². The lowest BCUT2D eigenvalue weighted by atomic mass is 10.0. The molecule has 35 heavy (non-hydrogen) atoms. The highest BCUT2D eigenvalue weighted by molar-refractivity contribution is 5.93. The minimum Gasteiger partial charge on any atom is -0.462 e. The van der Waals surface area contributed by atoms with Gasteiger partial charge >= 0.3 is 6.01 Å². The molecule has 3 aromatic rings. The Bertz CT molecular complexity index is 1250. The van der Waals surface area contributed by atoms with Crippen LogP contribution in [0.1, 0.15) is 25.7 Å². The molecule has 3 N–H and O–H groups in total. The summed E-state index contributed by atoms with van der Waals surface area (Å²) in [7, 11) is 2.10. The Hall–Kier alpha value is -3.04. The van der Waals surface area contributed by atoms with Gasteiger partial charge in [-0.05, 0) is 69.1 Å². The molecular formula is C26H30F2N6O. The molecule has 0 aliphatic carbocycles. The summed E-state index contributed by atoms with van der Waals surface area (Å²) in [4.78, 5) is 14.2. The van der Waals surface area contributed by atoms with E-state index in [1.165, 1.54) is 12.1 Å². The summed E-state index contributed by atoms with van der Waals surface area (Å²) in [5, 5.41) is 4.36. The summed E-state index contributed by atoms with van der Waals surface area (Å²) in [6.07, 6.45) is 4.43. The summed E-state index contributed by atoms with van der Waals surface area (Å²) >= 11 is 0. The molecule has 9 heteroatoms. The van der Waals surface area contributed by atoms with E-state index in [0.717, 1.165) is 56.5 Å². The molecule has 1 aromatic heterocycles. The number of piperazine rings is 1. The van der Waals surface area contributed by atoms with E-state index in [1.54, 1.807) is 12.1 Å². The number of aromatic nitrogens is 2. The van der Waals surface area contributed by atoms with Crippen molar-refractivity contribution in [3.05, 3.63) is 42.0 Å². The van der Waals surface area contributed by atoms with Gasteiger partial charge in [0.1, 0.15) is 18.2 Å². The predicted molar refractivity (Wildman–Crippen MR) is 133 cm³/mol. The van der Waals surface area contributed by atoms with Crippen LogP contribution in [0.3, 0.4) is 0 Å². The Balaban J connectivity index is 1.44. The second-order valence-electron chi connectivity index (χ2n) is 9.93. The number of anilines is 2. The molecule has 4 heterocycles. The van der Waals surface area contributed by atoms with Crippen molar-refractivity contribution < 1.29 is 13.5 Å². The molecule has 0 spiro atoms. The molecule has 6 rings (SSSR count). The van der Waals surface area contributed by atoms with Crippen LogP contribution in [0.4, 0.5) is 20.3 Å². The van der Waals surface area contributed by atoms with E-state index in [-0.39, 0.29) is 11.3 Å². The zero-order chi connectivity index (χ0) is 24.1. The standard InChI is InChI=1S/C26H30F2N6O/c1-33-10-2-3-18(33)14-35-26-31-22-11-15(23-20(27)8-9-21(29)24(23)28)4-7-19(22)25(32-26)34-16-5-6-17(34)13-30-12-16/h4,7-9,11,16-18,30H,2-3,5-6,10,12-14,29H2,1H3/t16-,17+,18-/m0/s1. The van der Waals surface area contributed by atoms with Crippen LogP contribution in [0, 0.1) is 11.6 Å². The van der Waals surface area contributed by atoms with Gasteiger partial charge in [-0.3, -0.25) is 0 Å². The van der Waals surface area contributed by atoms with Crippen LogP contribution in [0.5, 0.6) is 6.01 Å². The number of nitrogens with one attached hydrogen (secondary N) is 1. The first-order chi connectivity index (χ1) is 17.0. The minimum absolute atomic E-state index is 0.0908. The van der Waals surface area contributed by atoms with Crippen molar-refractivity contribution in [2.45, 2.75) is 43.8 Å². The number of hydrogen-bond acceptors (Lipinski definition) is 7. The Labute approximate surface area is 203 Å². The Kier molecular flexibility index (Phi) is 5.69. The number of benzene rings is 2. The molecule has 3 aliphatic heterocycles. The van der Waals surface area contributed by atoms with Crippen molar-refractivity contribution in [3.63, 3.8) is 0 Å². The van der Waals surface area contributed by atoms with Crippen molar-refractivity contribution >= 4 is 22.4 Å². The first kappa shape index (κ1) is 22.4. The summed E-state index contributed by atoms with van der Waals surface area (Å²) in [5.41, 5.74) is 6.47. The lowest BCUT2D eigenvalue weighted by molar-refractivity contribution is 0.188. The van der Waals surface area contributed by atoms with E-state index in [1.807, 2.05) is 6.07 Å². The average Bonchev–Trinajstić information content (AvgIpc) is 3.37. The first-order valence-electron chi connectivity index (χ1n) is 12.4. The van der Waals surface area contributed by atoms with Crippen molar-refractivity contribution in [2.24, 2.45) is 0 Å². The van der Waals surface area contributed by atoms with Crippen molar-refractivity contribution in [3.8, 4) is 17.1 Å². The largest absolute Gasteiger partial charge is 0.462 e. The molecule has 0 radical (unpaired) electrons. The van der Waals surface area contributed by atoms with Gasteiger partial charge in [0.2, 0.25) is 0 Å². The molecule has 7 nitrogen and oxygen atoms in total. The first-order valence-corrected chi connectivity index (χ1v) is 12.4. The summed E-state index contributed by atoms with van der Waals surface area (Å²) in [6, 6.07) is 9.04. The third-order valence-electron chi connectivity index (χ3n) is 7.77. The molecule has 184 valence electrons. The number of halogens is 2. The Morgan fingerprint density at radius 1 is 1.09 bits per heavy atom. The maximum absolute atomic E-state index is 14.8. The summed E-state index contributed by atoms with van der Waals surface area (Å²) in [6.45, 7) is 3.38. The molecule has 0 unspecified atom stereocenters. The van der Waals surface area contributed by atoms with Crippen molar-refractivity contribution in [2.75, 3.05) is 43.9 Å². The van der Waals surface area contributed by atoms with E-state index < -0.39 is 11.6 Å². The zero-order valence-corrected chi connectivity index (χ0v) is 19.8. The molecule has 0 amide bonds. The van der Waals surface area contributed by atoms with Gasteiger partial charge in [-0.1, -0.05) is 6.07 Å². The van der Waals surface area contributed by atoms with Crippen LogP contribution in [0.25, 0.3) is 22.0 Å². The van der Waals surface area contributed by atoms with Crippen LogP contribution in [-0.2, 0) is 0 Å². The highest BCUT2D eigenvalue weighted by atomic mass is 19.1. The molecule has 2 aromatic carbocycles. The highest BCUT2D eigenvalue weighted by Crippen LogP contribution is 2.38. The number of likely N-dealkylation sites (tertiary alicyclic amines) is 1. The summed E-state index contributed by atoms with van der Waals surface area (Å²) in [5.74, 6) is -0.593. The van der Waals surface area contributed by atoms with Gasteiger partial charge in [0.05, 0.1) is 16.8 Å². The molecule has 2 bridgehead atoms. The number of ether oxygens (including phenoxy) is 1. The van der Waals surface area contributed by atoms with Crippen LogP contribution in [-0.4, -0.2) is 66.3 Å². The van der Waals surface area contributed by atoms with Gasteiger partial charge in [0.15, 0.2) is 5.82 Å². The van der Waals surface area contributed by atoms with E-state index >= 15 is 0 Å². The second-order valence-corrected chi connectivity index (χ2v) is 9.93. The monoisotopic (exact) mass is 480 g/mol. The van der Waals surface area contributed by atoms with Crippen LogP contribution < -0.4 is 20.7 Å². The summed E-state index contributed by atoms with van der Waals surface area (Å²) < 4.78 is 35.6. The van der Waals surface area contributed by atoms with Crippen molar-refractivity contribution in [1.29, 1.82) is 0 Å². The molecule has 3 saturated heterocycles. The quantitative estimate of drug-likeness (QED) is 0.541. The molecule has 3 aliphatic rings. The number of fused-ring (bicyclic) bond motifs is 3. The Morgan fingerprint density at radius 3 is 2.63 bits per heavy atom. The van der Waals surface area contributed by atoms with E-state index in [4.69, 9.17) is 15.5 Å². The van der Waals surface area contributed by atoms with E-state index in [2.05, 4.69) is 27.1 Å². The van der Waals surface area contributed by atoms with Gasteiger partial charge in [0.25, 0.3) is 0 Å². The third kappa shape index (κ3) is 3.96. The van der Waals surface area contributed by atoms with Crippen LogP contribution in [0.2, 0.25) is 0 Å². The lowest BCUT2D eigenvalue weighted by Gasteiger charge is -2.37. The topological polar surface area (TPSA) is 79.5 Å². The number of nitrogens with two attached hydrogens (primary N) is 1. The van der Waals surface area contributed by atoms with Crippen LogP contribution >= 0.6 is 0 Å². The van der Waals surface area contributed by atoms with E-state index in [0.29, 0.717) is 41.8 Å². The fourth-order valence-electron chi connectivity index (χ4n) is 5.83. The highest BCUT2D eigenvalue weighted by Gasteiger charge is 2.38. The molecule has 3 fully saturated rings. The zero-order valence-electron chi connectivity index (χ0n) is 19.8. The number of hydrogen-bond donors (Lipinski definition) is 2. The fraction of sp³-hybridized carbons (Fsp3) is 0.462. The smallest absolute Gasteiger partial charge is 0.319 e. The number of likely N-dealkylation sites (N-methyl/N-ethyl adjacent to an activating group) is 1. The second kappa shape index (κ2) is 8.87. The van der Waals surface area contributed by atoms with Crippen LogP contribution in [0.15, 0.2) is 30.3 Å². The lowest BCUT2D eigenvalue weighted by Crippen LogP contribution is -2.52. The number of rotatable bonds is 5. The maximum atomic E-state index is 14.8. The maximum Gasteiger partial charge on any atom is 0.319 e. The molecule has 3 atom stereocenters. The normalized spacial score (nSPS) is 24.4. The number of nitrogen functional groups attached to an aromatic ring is 1. The van der Waals surface area contributed by atoms with Gasteiger partial charge < -0.3 is 25.6 Å². The van der Waals surface area contributed by atoms with Gasteiger partial charge in [-0.2, -0.15) is 9.97 Å². The molecular weight excluding hydrogens is 450 g/mol. The van der Waals surface area contributed by atoms with Gasteiger partial charge in [0, 0.05) is 36.6 Å². The Morgan fingerprint density at radius 2 is 1.89 bits per heavy atom.